The Kier molecular flexibility index (Phi) is 6.49. The van der Waals surface area contributed by atoms with Crippen molar-refractivity contribution >= 4 is 0 Å². The molecule has 1 atom stereocenters. The van der Waals surface area contributed by atoms with Crippen LogP contribution >= 0.6 is 0 Å². The van der Waals surface area contributed by atoms with E-state index in [0.29, 0.717) is 0 Å². The Morgan fingerprint density at radius 3 is 2.21 bits per heavy atom. The molecule has 3 nitrogen and oxygen atoms in total. The number of nitrogens with zero attached hydrogens (tertiary/aromatic N) is 2. The van der Waals surface area contributed by atoms with Crippen molar-refractivity contribution in [2.45, 2.75) is 12.3 Å². The molecule has 0 radical (unpaired) electrons. The SMILES string of the molecule is CNCC(C)(CN(C)CCN(C)C)c1ccccc1. The summed E-state index contributed by atoms with van der Waals surface area (Å²) in [6.45, 7) is 6.58. The van der Waals surface area contributed by atoms with Crippen LogP contribution in [0.3, 0.4) is 0 Å². The van der Waals surface area contributed by atoms with Crippen molar-refractivity contribution in [3.8, 4) is 0 Å². The van der Waals surface area contributed by atoms with Crippen LogP contribution in [-0.2, 0) is 5.41 Å². The third-order valence-electron chi connectivity index (χ3n) is 3.59. The van der Waals surface area contributed by atoms with Crippen molar-refractivity contribution in [1.82, 2.24) is 15.1 Å². The third-order valence-corrected chi connectivity index (χ3v) is 3.59. The van der Waals surface area contributed by atoms with Crippen molar-refractivity contribution in [2.24, 2.45) is 0 Å². The van der Waals surface area contributed by atoms with Crippen molar-refractivity contribution in [2.75, 3.05) is 54.4 Å². The molecule has 3 heteroatoms. The zero-order valence-electron chi connectivity index (χ0n) is 13.1. The summed E-state index contributed by atoms with van der Waals surface area (Å²) >= 11 is 0. The van der Waals surface area contributed by atoms with E-state index in [0.717, 1.165) is 26.2 Å². The highest BCUT2D eigenvalue weighted by Gasteiger charge is 2.27. The van der Waals surface area contributed by atoms with Gasteiger partial charge in [0.25, 0.3) is 0 Å². The molecule has 0 aliphatic rings. The van der Waals surface area contributed by atoms with Crippen LogP contribution in [0.2, 0.25) is 0 Å². The Labute approximate surface area is 118 Å². The lowest BCUT2D eigenvalue weighted by atomic mass is 9.82. The molecule has 0 aliphatic heterocycles. The Bertz CT molecular complexity index is 350. The highest BCUT2D eigenvalue weighted by atomic mass is 15.2. The summed E-state index contributed by atoms with van der Waals surface area (Å²) < 4.78 is 0. The van der Waals surface area contributed by atoms with Crippen LogP contribution in [0.25, 0.3) is 0 Å². The molecule has 1 aromatic carbocycles. The molecule has 0 fully saturated rings. The van der Waals surface area contributed by atoms with Gasteiger partial charge in [-0.2, -0.15) is 0 Å². The Hall–Kier alpha value is -0.900. The normalized spacial score (nSPS) is 14.9. The first-order chi connectivity index (χ1) is 8.98. The van der Waals surface area contributed by atoms with Crippen molar-refractivity contribution in [3.05, 3.63) is 35.9 Å². The molecule has 0 amide bonds. The van der Waals surface area contributed by atoms with Gasteiger partial charge in [0.05, 0.1) is 0 Å². The number of likely N-dealkylation sites (N-methyl/N-ethyl adjacent to an activating group) is 3. The fourth-order valence-electron chi connectivity index (χ4n) is 2.53. The van der Waals surface area contributed by atoms with Crippen LogP contribution in [0, 0.1) is 0 Å². The van der Waals surface area contributed by atoms with Gasteiger partial charge < -0.3 is 15.1 Å². The molecule has 1 aromatic rings. The van der Waals surface area contributed by atoms with Gasteiger partial charge in [-0.1, -0.05) is 37.3 Å². The monoisotopic (exact) mass is 263 g/mol. The quantitative estimate of drug-likeness (QED) is 0.769. The maximum Gasteiger partial charge on any atom is 0.0176 e. The summed E-state index contributed by atoms with van der Waals surface area (Å²) in [6, 6.07) is 10.8. The zero-order valence-corrected chi connectivity index (χ0v) is 13.1. The highest BCUT2D eigenvalue weighted by molar-refractivity contribution is 5.25. The highest BCUT2D eigenvalue weighted by Crippen LogP contribution is 2.23. The van der Waals surface area contributed by atoms with Gasteiger partial charge in [0.15, 0.2) is 0 Å². The molecule has 1 N–H and O–H groups in total. The van der Waals surface area contributed by atoms with E-state index in [2.05, 4.69) is 73.5 Å². The fraction of sp³-hybridized carbons (Fsp3) is 0.625. The van der Waals surface area contributed by atoms with E-state index < -0.39 is 0 Å². The van der Waals surface area contributed by atoms with Crippen LogP contribution in [0.15, 0.2) is 30.3 Å². The van der Waals surface area contributed by atoms with Crippen LogP contribution in [0.5, 0.6) is 0 Å². The molecule has 0 saturated carbocycles. The first-order valence-electron chi connectivity index (χ1n) is 7.01. The van der Waals surface area contributed by atoms with E-state index in [4.69, 9.17) is 0 Å². The summed E-state index contributed by atoms with van der Waals surface area (Å²) in [5.74, 6) is 0. The van der Waals surface area contributed by atoms with Gasteiger partial charge >= 0.3 is 0 Å². The van der Waals surface area contributed by atoms with Crippen LogP contribution in [0.1, 0.15) is 12.5 Å². The van der Waals surface area contributed by atoms with Gasteiger partial charge in [-0.15, -0.1) is 0 Å². The maximum atomic E-state index is 3.34. The summed E-state index contributed by atoms with van der Waals surface area (Å²) in [5.41, 5.74) is 1.55. The van der Waals surface area contributed by atoms with E-state index >= 15 is 0 Å². The molecule has 0 saturated heterocycles. The lowest BCUT2D eigenvalue weighted by Gasteiger charge is -2.35. The second kappa shape index (κ2) is 7.63. The summed E-state index contributed by atoms with van der Waals surface area (Å²) in [5, 5.41) is 3.34. The van der Waals surface area contributed by atoms with Crippen molar-refractivity contribution in [1.29, 1.82) is 0 Å². The molecule has 1 rings (SSSR count). The van der Waals surface area contributed by atoms with Gasteiger partial charge in [-0.3, -0.25) is 0 Å². The predicted octanol–water partition coefficient (Wildman–Crippen LogP) is 1.66. The molecule has 108 valence electrons. The number of hydrogen-bond acceptors (Lipinski definition) is 3. The van der Waals surface area contributed by atoms with E-state index in [1.54, 1.807) is 0 Å². The first-order valence-corrected chi connectivity index (χ1v) is 7.01. The molecule has 0 aromatic heterocycles. The fourth-order valence-corrected chi connectivity index (χ4v) is 2.53. The largest absolute Gasteiger partial charge is 0.319 e. The Morgan fingerprint density at radius 1 is 1.05 bits per heavy atom. The van der Waals surface area contributed by atoms with E-state index in [1.165, 1.54) is 5.56 Å². The van der Waals surface area contributed by atoms with Gasteiger partial charge in [-0.05, 0) is 33.8 Å². The van der Waals surface area contributed by atoms with Crippen LogP contribution < -0.4 is 5.32 Å². The first kappa shape index (κ1) is 16.2. The minimum atomic E-state index is 0.150. The summed E-state index contributed by atoms with van der Waals surface area (Å²) in [6.07, 6.45) is 0. The minimum Gasteiger partial charge on any atom is -0.319 e. The van der Waals surface area contributed by atoms with Gasteiger partial charge in [0.2, 0.25) is 0 Å². The van der Waals surface area contributed by atoms with Gasteiger partial charge in [-0.25, -0.2) is 0 Å². The number of hydrogen-bond donors (Lipinski definition) is 1. The van der Waals surface area contributed by atoms with Crippen LogP contribution in [0.4, 0.5) is 0 Å². The van der Waals surface area contributed by atoms with Gasteiger partial charge in [0, 0.05) is 31.6 Å². The van der Waals surface area contributed by atoms with E-state index in [-0.39, 0.29) is 5.41 Å². The number of nitrogens with one attached hydrogen (secondary N) is 1. The molecule has 0 aliphatic carbocycles. The third kappa shape index (κ3) is 5.31. The second-order valence-electron chi connectivity index (χ2n) is 6.00. The van der Waals surface area contributed by atoms with Crippen LogP contribution in [-0.4, -0.2) is 64.2 Å². The lowest BCUT2D eigenvalue weighted by Crippen LogP contribution is -2.45. The molecular weight excluding hydrogens is 234 g/mol. The molecule has 1 unspecified atom stereocenters. The van der Waals surface area contributed by atoms with E-state index in [9.17, 15) is 0 Å². The minimum absolute atomic E-state index is 0.150. The molecular formula is C16H29N3. The summed E-state index contributed by atoms with van der Waals surface area (Å²) in [4.78, 5) is 4.65. The second-order valence-corrected chi connectivity index (χ2v) is 6.00. The van der Waals surface area contributed by atoms with Crippen molar-refractivity contribution < 1.29 is 0 Å². The van der Waals surface area contributed by atoms with Gasteiger partial charge in [0.1, 0.15) is 0 Å². The predicted molar refractivity (Wildman–Crippen MR) is 83.8 cm³/mol. The molecule has 0 bridgehead atoms. The number of benzene rings is 1. The lowest BCUT2D eigenvalue weighted by molar-refractivity contribution is 0.229. The average Bonchev–Trinajstić information content (AvgIpc) is 2.37. The zero-order chi connectivity index (χ0) is 14.3. The molecule has 0 heterocycles. The Balaban J connectivity index is 2.71. The smallest absolute Gasteiger partial charge is 0.0176 e. The Morgan fingerprint density at radius 2 is 1.68 bits per heavy atom. The molecule has 0 spiro atoms. The molecule has 19 heavy (non-hydrogen) atoms. The topological polar surface area (TPSA) is 18.5 Å². The standard InChI is InChI=1S/C16H29N3/c1-16(13-17-2,15-9-7-6-8-10-15)14-19(5)12-11-18(3)4/h6-10,17H,11-14H2,1-5H3. The maximum absolute atomic E-state index is 3.34. The van der Waals surface area contributed by atoms with E-state index in [1.807, 2.05) is 7.05 Å². The van der Waals surface area contributed by atoms with Crippen molar-refractivity contribution in [3.63, 3.8) is 0 Å². The number of rotatable bonds is 8. The summed E-state index contributed by atoms with van der Waals surface area (Å²) in [7, 11) is 8.48. The average molecular weight is 263 g/mol.